The van der Waals surface area contributed by atoms with Crippen LogP contribution >= 0.6 is 0 Å². The van der Waals surface area contributed by atoms with Gasteiger partial charge >= 0.3 is 0 Å². The maximum absolute atomic E-state index is 10.2. The Balaban J connectivity index is 1.86. The molecule has 0 fully saturated rings. The predicted octanol–water partition coefficient (Wildman–Crippen LogP) is 2.10. The van der Waals surface area contributed by atoms with Gasteiger partial charge in [0.25, 0.3) is 0 Å². The van der Waals surface area contributed by atoms with E-state index in [9.17, 15) is 5.11 Å². The zero-order valence-electron chi connectivity index (χ0n) is 17.7. The summed E-state index contributed by atoms with van der Waals surface area (Å²) in [6.07, 6.45) is 5.04. The first-order chi connectivity index (χ1) is 13.4. The molecule has 0 aliphatic rings. The van der Waals surface area contributed by atoms with Crippen LogP contribution in [0.1, 0.15) is 19.4 Å². The third kappa shape index (κ3) is 7.14. The minimum absolute atomic E-state index is 0.234. The molecule has 1 atom stereocenters. The molecule has 0 aliphatic carbocycles. The van der Waals surface area contributed by atoms with Gasteiger partial charge in [-0.05, 0) is 45.6 Å². The number of ether oxygens (including phenoxy) is 2. The monoisotopic (exact) mass is 390 g/mol. The van der Waals surface area contributed by atoms with Gasteiger partial charge in [-0.3, -0.25) is 0 Å². The van der Waals surface area contributed by atoms with Crippen LogP contribution in [0.15, 0.2) is 36.9 Å². The molecule has 0 radical (unpaired) electrons. The molecule has 28 heavy (non-hydrogen) atoms. The minimum Gasteiger partial charge on any atom is -0.493 e. The van der Waals surface area contributed by atoms with Crippen LogP contribution in [-0.2, 0) is 13.1 Å². The van der Waals surface area contributed by atoms with Crippen molar-refractivity contribution in [3.05, 3.63) is 42.5 Å². The van der Waals surface area contributed by atoms with Crippen LogP contribution in [0.4, 0.5) is 0 Å². The van der Waals surface area contributed by atoms with Gasteiger partial charge in [-0.15, -0.1) is 0 Å². The van der Waals surface area contributed by atoms with Crippen molar-refractivity contribution in [2.45, 2.75) is 39.1 Å². The third-order valence-electron chi connectivity index (χ3n) is 4.79. The highest BCUT2D eigenvalue weighted by Gasteiger charge is 2.13. The Morgan fingerprint density at radius 2 is 2.00 bits per heavy atom. The van der Waals surface area contributed by atoms with Gasteiger partial charge in [-0.25, -0.2) is 4.98 Å². The lowest BCUT2D eigenvalue weighted by molar-refractivity contribution is 0.0668. The van der Waals surface area contributed by atoms with E-state index in [4.69, 9.17) is 9.47 Å². The van der Waals surface area contributed by atoms with E-state index in [0.29, 0.717) is 24.1 Å². The Bertz CT molecular complexity index is 691. The Labute approximate surface area is 168 Å². The van der Waals surface area contributed by atoms with Gasteiger partial charge < -0.3 is 28.9 Å². The van der Waals surface area contributed by atoms with Gasteiger partial charge in [0.2, 0.25) is 0 Å². The van der Waals surface area contributed by atoms with E-state index < -0.39 is 6.10 Å². The molecule has 0 bridgehead atoms. The van der Waals surface area contributed by atoms with E-state index >= 15 is 0 Å². The second-order valence-corrected chi connectivity index (χ2v) is 7.52. The van der Waals surface area contributed by atoms with Gasteiger partial charge in [0.15, 0.2) is 11.5 Å². The molecular formula is C21H34N4O3. The zero-order valence-corrected chi connectivity index (χ0v) is 17.7. The topological polar surface area (TPSA) is 63.0 Å². The van der Waals surface area contributed by atoms with Gasteiger partial charge in [0.05, 0.1) is 13.4 Å². The summed E-state index contributed by atoms with van der Waals surface area (Å²) in [5.74, 6) is 1.34. The molecule has 1 heterocycles. The fourth-order valence-corrected chi connectivity index (χ4v) is 2.81. The zero-order chi connectivity index (χ0) is 20.5. The van der Waals surface area contributed by atoms with Crippen molar-refractivity contribution >= 4 is 0 Å². The van der Waals surface area contributed by atoms with Gasteiger partial charge in [0, 0.05) is 44.6 Å². The molecule has 7 heteroatoms. The number of hydrogen-bond acceptors (Lipinski definition) is 6. The van der Waals surface area contributed by atoms with E-state index in [1.807, 2.05) is 37.8 Å². The first-order valence-electron chi connectivity index (χ1n) is 9.71. The van der Waals surface area contributed by atoms with Crippen molar-refractivity contribution in [2.75, 3.05) is 40.9 Å². The number of methoxy groups -OCH3 is 1. The molecular weight excluding hydrogens is 356 g/mol. The van der Waals surface area contributed by atoms with Crippen LogP contribution in [-0.4, -0.2) is 77.5 Å². The maximum Gasteiger partial charge on any atom is 0.161 e. The summed E-state index contributed by atoms with van der Waals surface area (Å²) in [5, 5.41) is 10.2. The summed E-state index contributed by atoms with van der Waals surface area (Å²) in [6, 6.07) is 6.33. The molecule has 0 saturated carbocycles. The SMILES string of the molecule is COc1cc(CN(C)CCn2ccnc2)ccc1OC[C@@H](O)CN(C)C(C)C. The van der Waals surface area contributed by atoms with Crippen molar-refractivity contribution in [2.24, 2.45) is 0 Å². The summed E-state index contributed by atoms with van der Waals surface area (Å²) < 4.78 is 13.4. The second kappa shape index (κ2) is 11.0. The molecule has 2 rings (SSSR count). The fraction of sp³-hybridized carbons (Fsp3) is 0.571. The van der Waals surface area contributed by atoms with E-state index in [-0.39, 0.29) is 6.61 Å². The van der Waals surface area contributed by atoms with Crippen LogP contribution in [0.25, 0.3) is 0 Å². The van der Waals surface area contributed by atoms with Gasteiger partial charge in [0.1, 0.15) is 12.7 Å². The largest absolute Gasteiger partial charge is 0.493 e. The highest BCUT2D eigenvalue weighted by atomic mass is 16.5. The normalized spacial score (nSPS) is 12.8. The van der Waals surface area contributed by atoms with Crippen LogP contribution in [0.2, 0.25) is 0 Å². The number of nitrogens with zero attached hydrogens (tertiary/aromatic N) is 4. The third-order valence-corrected chi connectivity index (χ3v) is 4.79. The lowest BCUT2D eigenvalue weighted by Crippen LogP contribution is -2.36. The summed E-state index contributed by atoms with van der Waals surface area (Å²) in [5.41, 5.74) is 1.15. The number of likely N-dealkylation sites (N-methyl/N-ethyl adjacent to an activating group) is 2. The summed E-state index contributed by atoms with van der Waals surface area (Å²) >= 11 is 0. The number of imidazole rings is 1. The lowest BCUT2D eigenvalue weighted by atomic mass is 10.2. The summed E-state index contributed by atoms with van der Waals surface area (Å²) in [6.45, 7) is 7.64. The van der Waals surface area contributed by atoms with Crippen molar-refractivity contribution < 1.29 is 14.6 Å². The van der Waals surface area contributed by atoms with E-state index in [2.05, 4.69) is 40.2 Å². The molecule has 7 nitrogen and oxygen atoms in total. The molecule has 2 aromatic rings. The highest BCUT2D eigenvalue weighted by molar-refractivity contribution is 5.43. The molecule has 156 valence electrons. The van der Waals surface area contributed by atoms with Crippen molar-refractivity contribution in [1.82, 2.24) is 19.4 Å². The first-order valence-corrected chi connectivity index (χ1v) is 9.71. The smallest absolute Gasteiger partial charge is 0.161 e. The van der Waals surface area contributed by atoms with Crippen LogP contribution in [0, 0.1) is 0 Å². The Morgan fingerprint density at radius 1 is 1.21 bits per heavy atom. The number of aliphatic hydroxyl groups excluding tert-OH is 1. The number of aromatic nitrogens is 2. The van der Waals surface area contributed by atoms with Crippen LogP contribution in [0.3, 0.4) is 0 Å². The number of benzene rings is 1. The summed E-state index contributed by atoms with van der Waals surface area (Å²) in [4.78, 5) is 8.41. The van der Waals surface area contributed by atoms with E-state index in [1.54, 1.807) is 13.3 Å². The number of rotatable bonds is 12. The first kappa shape index (κ1) is 22.2. The quantitative estimate of drug-likeness (QED) is 0.599. The molecule has 0 saturated heterocycles. The van der Waals surface area contributed by atoms with Crippen molar-refractivity contribution in [1.29, 1.82) is 0 Å². The van der Waals surface area contributed by atoms with Gasteiger partial charge in [-0.1, -0.05) is 6.07 Å². The lowest BCUT2D eigenvalue weighted by Gasteiger charge is -2.24. The average Bonchev–Trinajstić information content (AvgIpc) is 3.18. The molecule has 1 N–H and O–H groups in total. The Hall–Kier alpha value is -2.09. The van der Waals surface area contributed by atoms with Crippen LogP contribution < -0.4 is 9.47 Å². The predicted molar refractivity (Wildman–Crippen MR) is 111 cm³/mol. The Kier molecular flexibility index (Phi) is 8.76. The molecule has 0 amide bonds. The maximum atomic E-state index is 10.2. The molecule has 1 aromatic carbocycles. The molecule has 0 unspecified atom stereocenters. The summed E-state index contributed by atoms with van der Waals surface area (Å²) in [7, 11) is 5.72. The molecule has 0 aliphatic heterocycles. The molecule has 0 spiro atoms. The highest BCUT2D eigenvalue weighted by Crippen LogP contribution is 2.28. The standard InChI is InChI=1S/C21H34N4O3/c1-17(2)24(4)14-19(26)15-28-20-7-6-18(12-21(20)27-5)13-23(3)10-11-25-9-8-22-16-25/h6-9,12,16-17,19,26H,10-11,13-15H2,1-5H3/t19-/m0/s1. The fourth-order valence-electron chi connectivity index (χ4n) is 2.81. The van der Waals surface area contributed by atoms with E-state index in [1.165, 1.54) is 0 Å². The average molecular weight is 391 g/mol. The second-order valence-electron chi connectivity index (χ2n) is 7.52. The number of hydrogen-bond donors (Lipinski definition) is 1. The van der Waals surface area contributed by atoms with Crippen molar-refractivity contribution in [3.8, 4) is 11.5 Å². The minimum atomic E-state index is -0.550. The van der Waals surface area contributed by atoms with Crippen LogP contribution in [0.5, 0.6) is 11.5 Å². The Morgan fingerprint density at radius 3 is 2.64 bits per heavy atom. The van der Waals surface area contributed by atoms with Crippen molar-refractivity contribution in [3.63, 3.8) is 0 Å². The molecule has 1 aromatic heterocycles. The number of aliphatic hydroxyl groups is 1. The van der Waals surface area contributed by atoms with E-state index in [0.717, 1.165) is 25.2 Å². The van der Waals surface area contributed by atoms with Gasteiger partial charge in [-0.2, -0.15) is 0 Å².